The van der Waals surface area contributed by atoms with Gasteiger partial charge in [-0.25, -0.2) is 9.69 Å². The zero-order valence-electron chi connectivity index (χ0n) is 15.7. The van der Waals surface area contributed by atoms with Gasteiger partial charge in [0.05, 0.1) is 11.3 Å². The first-order valence-electron chi connectivity index (χ1n) is 9.26. The molecule has 1 aliphatic heterocycles. The van der Waals surface area contributed by atoms with Gasteiger partial charge in [-0.3, -0.25) is 19.3 Å². The van der Waals surface area contributed by atoms with Gasteiger partial charge in [0.15, 0.2) is 0 Å². The minimum atomic E-state index is -4.69. The number of hydrogen-bond donors (Lipinski definition) is 1. The van der Waals surface area contributed by atoms with Crippen molar-refractivity contribution in [2.75, 3.05) is 11.9 Å². The van der Waals surface area contributed by atoms with Gasteiger partial charge in [0.1, 0.15) is 6.54 Å². The van der Waals surface area contributed by atoms with Gasteiger partial charge in [0.2, 0.25) is 5.91 Å². The van der Waals surface area contributed by atoms with Crippen LogP contribution in [0.2, 0.25) is 0 Å². The number of anilines is 1. The van der Waals surface area contributed by atoms with E-state index >= 15 is 0 Å². The maximum atomic E-state index is 13.1. The smallest absolute Gasteiger partial charge is 0.324 e. The van der Waals surface area contributed by atoms with Crippen LogP contribution in [0.3, 0.4) is 0 Å². The lowest BCUT2D eigenvalue weighted by Crippen LogP contribution is -2.46. The van der Waals surface area contributed by atoms with E-state index in [1.54, 1.807) is 0 Å². The molecule has 29 heavy (non-hydrogen) atoms. The highest BCUT2D eigenvalue weighted by atomic mass is 19.4. The van der Waals surface area contributed by atoms with Gasteiger partial charge in [0.25, 0.3) is 0 Å². The molecule has 1 aliphatic carbocycles. The third kappa shape index (κ3) is 4.10. The number of rotatable bonds is 4. The summed E-state index contributed by atoms with van der Waals surface area (Å²) in [6.07, 6.45) is -1.52. The Morgan fingerprint density at radius 3 is 2.41 bits per heavy atom. The molecule has 0 bridgehead atoms. The van der Waals surface area contributed by atoms with Crippen molar-refractivity contribution in [3.05, 3.63) is 29.8 Å². The molecule has 3 rings (SSSR count). The fraction of sp³-hybridized carbons (Fsp3) is 0.474. The molecule has 7 nitrogen and oxygen atoms in total. The molecular formula is C19H20F3N3O4. The predicted molar refractivity (Wildman–Crippen MR) is 95.4 cm³/mol. The van der Waals surface area contributed by atoms with Crippen molar-refractivity contribution in [2.45, 2.75) is 44.8 Å². The summed E-state index contributed by atoms with van der Waals surface area (Å²) in [5, 5.41) is 2.07. The fourth-order valence-electron chi connectivity index (χ4n) is 3.81. The van der Waals surface area contributed by atoms with Crippen molar-refractivity contribution in [1.82, 2.24) is 9.80 Å². The van der Waals surface area contributed by atoms with E-state index in [1.807, 2.05) is 6.92 Å². The van der Waals surface area contributed by atoms with Gasteiger partial charge in [0, 0.05) is 6.04 Å². The molecule has 1 saturated heterocycles. The second kappa shape index (κ2) is 7.84. The van der Waals surface area contributed by atoms with Crippen LogP contribution in [0.15, 0.2) is 24.3 Å². The standard InChI is InChI=1S/C19H20F3N3O4/c1-11-6-2-5-9-14(11)25-17(28)16(27)24(18(25)29)10-15(26)23-13-8-4-3-7-12(13)19(20,21)22/h3-4,7-8,11,14H,2,5-6,9-10H2,1H3,(H,23,26)/t11-,14-/m0/s1. The van der Waals surface area contributed by atoms with E-state index in [1.165, 1.54) is 12.1 Å². The first-order valence-corrected chi connectivity index (χ1v) is 9.26. The van der Waals surface area contributed by atoms with Crippen molar-refractivity contribution in [3.8, 4) is 0 Å². The summed E-state index contributed by atoms with van der Waals surface area (Å²) in [4.78, 5) is 50.8. The third-order valence-corrected chi connectivity index (χ3v) is 5.29. The molecule has 2 atom stereocenters. The Morgan fingerprint density at radius 1 is 1.10 bits per heavy atom. The molecule has 1 aromatic carbocycles. The lowest BCUT2D eigenvalue weighted by Gasteiger charge is -2.34. The number of para-hydroxylation sites is 1. The molecule has 5 amide bonds. The van der Waals surface area contributed by atoms with Gasteiger partial charge in [-0.1, -0.05) is 31.9 Å². The van der Waals surface area contributed by atoms with E-state index in [4.69, 9.17) is 0 Å². The molecule has 1 saturated carbocycles. The number of imide groups is 2. The minimum absolute atomic E-state index is 0.0249. The van der Waals surface area contributed by atoms with Gasteiger partial charge in [-0.15, -0.1) is 0 Å². The Hall–Kier alpha value is -2.91. The quantitative estimate of drug-likeness (QED) is 0.610. The third-order valence-electron chi connectivity index (χ3n) is 5.29. The van der Waals surface area contributed by atoms with Crippen LogP contribution in [0, 0.1) is 5.92 Å². The molecule has 0 radical (unpaired) electrons. The van der Waals surface area contributed by atoms with Crippen LogP contribution >= 0.6 is 0 Å². The number of urea groups is 1. The first-order chi connectivity index (χ1) is 13.6. The van der Waals surface area contributed by atoms with Gasteiger partial charge in [-0.2, -0.15) is 13.2 Å². The highest BCUT2D eigenvalue weighted by Gasteiger charge is 2.49. The summed E-state index contributed by atoms with van der Waals surface area (Å²) in [5.74, 6) is -3.13. The van der Waals surface area contributed by atoms with Gasteiger partial charge in [-0.05, 0) is 30.9 Å². The summed E-state index contributed by atoms with van der Waals surface area (Å²) in [5.41, 5.74) is -1.55. The largest absolute Gasteiger partial charge is 0.418 e. The van der Waals surface area contributed by atoms with Crippen LogP contribution in [0.4, 0.5) is 23.7 Å². The number of hydrogen-bond acceptors (Lipinski definition) is 4. The molecular weight excluding hydrogens is 391 g/mol. The van der Waals surface area contributed by atoms with Crippen molar-refractivity contribution >= 4 is 29.4 Å². The van der Waals surface area contributed by atoms with Gasteiger partial charge < -0.3 is 5.32 Å². The monoisotopic (exact) mass is 411 g/mol. The molecule has 1 aromatic rings. The van der Waals surface area contributed by atoms with Crippen molar-refractivity contribution < 1.29 is 32.3 Å². The predicted octanol–water partition coefficient (Wildman–Crippen LogP) is 3.01. The second-order valence-electron chi connectivity index (χ2n) is 7.27. The summed E-state index contributed by atoms with van der Waals surface area (Å²) in [6.45, 7) is 1.05. The maximum Gasteiger partial charge on any atom is 0.418 e. The Kier molecular flexibility index (Phi) is 5.63. The Labute approximate surface area is 164 Å². The van der Waals surface area contributed by atoms with Crippen molar-refractivity contribution in [1.29, 1.82) is 0 Å². The number of benzene rings is 1. The molecule has 10 heteroatoms. The second-order valence-corrected chi connectivity index (χ2v) is 7.27. The van der Waals surface area contributed by atoms with Crippen LogP contribution in [-0.2, 0) is 20.6 Å². The average Bonchev–Trinajstić information content (AvgIpc) is 2.85. The van der Waals surface area contributed by atoms with Crippen LogP contribution in [0.25, 0.3) is 0 Å². The van der Waals surface area contributed by atoms with E-state index in [-0.39, 0.29) is 5.92 Å². The highest BCUT2D eigenvalue weighted by molar-refractivity contribution is 6.45. The highest BCUT2D eigenvalue weighted by Crippen LogP contribution is 2.35. The van der Waals surface area contributed by atoms with Crippen LogP contribution < -0.4 is 5.32 Å². The summed E-state index contributed by atoms with van der Waals surface area (Å²) in [7, 11) is 0. The Bertz CT molecular complexity index is 855. The summed E-state index contributed by atoms with van der Waals surface area (Å²) < 4.78 is 39.2. The maximum absolute atomic E-state index is 13.1. The number of amides is 5. The number of halogens is 3. The normalized spacial score (nSPS) is 23.0. The lowest BCUT2D eigenvalue weighted by molar-refractivity contribution is -0.145. The number of carbonyl (C=O) groups excluding carboxylic acids is 4. The molecule has 1 heterocycles. The van der Waals surface area contributed by atoms with E-state index in [9.17, 15) is 32.3 Å². The Morgan fingerprint density at radius 2 is 1.76 bits per heavy atom. The van der Waals surface area contributed by atoms with E-state index in [0.29, 0.717) is 11.3 Å². The molecule has 0 aromatic heterocycles. The topological polar surface area (TPSA) is 86.8 Å². The number of alkyl halides is 3. The van der Waals surface area contributed by atoms with Crippen LogP contribution in [-0.4, -0.2) is 46.1 Å². The molecule has 2 aliphatic rings. The Balaban J connectivity index is 1.74. The first kappa shape index (κ1) is 20.8. The molecule has 0 unspecified atom stereocenters. The number of carbonyl (C=O) groups is 4. The average molecular weight is 411 g/mol. The zero-order valence-corrected chi connectivity index (χ0v) is 15.7. The molecule has 2 fully saturated rings. The fourth-order valence-corrected chi connectivity index (χ4v) is 3.81. The molecule has 1 N–H and O–H groups in total. The van der Waals surface area contributed by atoms with Crippen LogP contribution in [0.1, 0.15) is 38.2 Å². The van der Waals surface area contributed by atoms with Crippen LogP contribution in [0.5, 0.6) is 0 Å². The molecule has 0 spiro atoms. The zero-order chi connectivity index (χ0) is 21.3. The van der Waals surface area contributed by atoms with Gasteiger partial charge >= 0.3 is 24.0 Å². The lowest BCUT2D eigenvalue weighted by atomic mass is 9.85. The molecule has 156 valence electrons. The summed E-state index contributed by atoms with van der Waals surface area (Å²) >= 11 is 0. The van der Waals surface area contributed by atoms with Crippen molar-refractivity contribution in [3.63, 3.8) is 0 Å². The SMILES string of the molecule is C[C@H]1CCCC[C@@H]1N1C(=O)C(=O)N(CC(=O)Nc2ccccc2C(F)(F)F)C1=O. The number of nitrogens with one attached hydrogen (secondary N) is 1. The minimum Gasteiger partial charge on any atom is -0.324 e. The van der Waals surface area contributed by atoms with E-state index < -0.39 is 53.8 Å². The van der Waals surface area contributed by atoms with Crippen molar-refractivity contribution in [2.24, 2.45) is 5.92 Å². The van der Waals surface area contributed by atoms with E-state index in [2.05, 4.69) is 5.32 Å². The summed E-state index contributed by atoms with van der Waals surface area (Å²) in [6, 6.07) is 3.03. The number of nitrogens with zero attached hydrogens (tertiary/aromatic N) is 2. The van der Waals surface area contributed by atoms with E-state index in [0.717, 1.165) is 36.3 Å².